The summed E-state index contributed by atoms with van der Waals surface area (Å²) in [5, 5.41) is 9.47. The van der Waals surface area contributed by atoms with Gasteiger partial charge < -0.3 is 15.6 Å². The number of ether oxygens (including phenoxy) is 1. The van der Waals surface area contributed by atoms with Crippen LogP contribution in [0.5, 0.6) is 0 Å². The standard InChI is InChI=1S/C12H17FN2O4S/c13-10-2-1-9(14)7-11(10)20(17,18)15-12(8-16)3-5-19-6-4-12/h1-2,7,15-16H,3-6,8,14H2. The van der Waals surface area contributed by atoms with Gasteiger partial charge in [-0.2, -0.15) is 0 Å². The Labute approximate surface area is 116 Å². The van der Waals surface area contributed by atoms with Crippen molar-refractivity contribution in [3.63, 3.8) is 0 Å². The van der Waals surface area contributed by atoms with Crippen molar-refractivity contribution in [2.45, 2.75) is 23.3 Å². The van der Waals surface area contributed by atoms with Crippen LogP contribution >= 0.6 is 0 Å². The topological polar surface area (TPSA) is 102 Å². The molecule has 0 atom stereocenters. The summed E-state index contributed by atoms with van der Waals surface area (Å²) in [6, 6.07) is 3.34. The van der Waals surface area contributed by atoms with E-state index < -0.39 is 26.3 Å². The summed E-state index contributed by atoms with van der Waals surface area (Å²) in [5.74, 6) is -0.883. The summed E-state index contributed by atoms with van der Waals surface area (Å²) in [6.07, 6.45) is 0.652. The first-order chi connectivity index (χ1) is 9.38. The maximum absolute atomic E-state index is 13.7. The lowest BCUT2D eigenvalue weighted by Crippen LogP contribution is -2.54. The number of sulfonamides is 1. The summed E-state index contributed by atoms with van der Waals surface area (Å²) in [6.45, 7) is 0.296. The van der Waals surface area contributed by atoms with E-state index in [0.717, 1.165) is 12.1 Å². The molecule has 1 fully saturated rings. The fourth-order valence-corrected chi connectivity index (χ4v) is 3.69. The van der Waals surface area contributed by atoms with Crippen molar-refractivity contribution >= 4 is 15.7 Å². The Kier molecular flexibility index (Phi) is 4.28. The number of benzene rings is 1. The summed E-state index contributed by atoms with van der Waals surface area (Å²) >= 11 is 0. The number of halogens is 1. The molecule has 0 radical (unpaired) electrons. The number of hydrogen-bond donors (Lipinski definition) is 3. The monoisotopic (exact) mass is 304 g/mol. The third-order valence-electron chi connectivity index (χ3n) is 3.35. The summed E-state index contributed by atoms with van der Waals surface area (Å²) < 4.78 is 45.8. The zero-order chi connectivity index (χ0) is 14.8. The number of nitrogens with one attached hydrogen (secondary N) is 1. The van der Waals surface area contributed by atoms with Crippen molar-refractivity contribution in [1.82, 2.24) is 4.72 Å². The van der Waals surface area contributed by atoms with Crippen molar-refractivity contribution < 1.29 is 22.7 Å². The van der Waals surface area contributed by atoms with Crippen LogP contribution in [-0.2, 0) is 14.8 Å². The van der Waals surface area contributed by atoms with Crippen LogP contribution in [0, 0.1) is 5.82 Å². The Morgan fingerprint density at radius 1 is 1.40 bits per heavy atom. The van der Waals surface area contributed by atoms with Crippen LogP contribution in [0.4, 0.5) is 10.1 Å². The largest absolute Gasteiger partial charge is 0.399 e. The molecule has 20 heavy (non-hydrogen) atoms. The van der Waals surface area contributed by atoms with E-state index in [-0.39, 0.29) is 12.3 Å². The number of nitrogens with two attached hydrogens (primary N) is 1. The van der Waals surface area contributed by atoms with Gasteiger partial charge in [-0.25, -0.2) is 17.5 Å². The van der Waals surface area contributed by atoms with Crippen molar-refractivity contribution in [3.8, 4) is 0 Å². The molecular weight excluding hydrogens is 287 g/mol. The number of nitrogen functional groups attached to an aromatic ring is 1. The van der Waals surface area contributed by atoms with E-state index in [2.05, 4.69) is 4.72 Å². The Balaban J connectivity index is 2.32. The van der Waals surface area contributed by atoms with Crippen molar-refractivity contribution in [1.29, 1.82) is 0 Å². The van der Waals surface area contributed by atoms with Crippen molar-refractivity contribution in [3.05, 3.63) is 24.0 Å². The quantitative estimate of drug-likeness (QED) is 0.691. The molecule has 2 rings (SSSR count). The molecule has 1 heterocycles. The van der Waals surface area contributed by atoms with E-state index in [1.165, 1.54) is 6.07 Å². The number of rotatable bonds is 4. The normalized spacial score (nSPS) is 18.9. The van der Waals surface area contributed by atoms with E-state index in [9.17, 15) is 17.9 Å². The van der Waals surface area contributed by atoms with Gasteiger partial charge >= 0.3 is 0 Å². The Bertz CT molecular complexity index is 585. The number of aliphatic hydroxyl groups is 1. The van der Waals surface area contributed by atoms with Crippen molar-refractivity contribution in [2.24, 2.45) is 0 Å². The predicted octanol–water partition coefficient (Wildman–Crippen LogP) is 0.228. The number of aliphatic hydroxyl groups excluding tert-OH is 1. The van der Waals surface area contributed by atoms with Crippen molar-refractivity contribution in [2.75, 3.05) is 25.6 Å². The van der Waals surface area contributed by atoms with Gasteiger partial charge in [0.25, 0.3) is 0 Å². The molecule has 1 aliphatic rings. The lowest BCUT2D eigenvalue weighted by atomic mass is 9.93. The van der Waals surface area contributed by atoms with Gasteiger partial charge in [0.1, 0.15) is 10.7 Å². The van der Waals surface area contributed by atoms with Gasteiger partial charge in [0, 0.05) is 18.9 Å². The molecule has 0 aliphatic carbocycles. The van der Waals surface area contributed by atoms with E-state index in [1.54, 1.807) is 0 Å². The summed E-state index contributed by atoms with van der Waals surface area (Å²) in [5.41, 5.74) is 4.62. The van der Waals surface area contributed by atoms with E-state index in [0.29, 0.717) is 26.1 Å². The van der Waals surface area contributed by atoms with Crippen LogP contribution in [0.15, 0.2) is 23.1 Å². The molecule has 1 aliphatic heterocycles. The average Bonchev–Trinajstić information content (AvgIpc) is 2.42. The van der Waals surface area contributed by atoms with Crippen LogP contribution in [0.3, 0.4) is 0 Å². The molecular formula is C12H17FN2O4S. The third kappa shape index (κ3) is 3.09. The lowest BCUT2D eigenvalue weighted by molar-refractivity contribution is 0.0222. The minimum Gasteiger partial charge on any atom is -0.399 e. The molecule has 4 N–H and O–H groups in total. The Morgan fingerprint density at radius 3 is 2.65 bits per heavy atom. The fourth-order valence-electron chi connectivity index (χ4n) is 2.12. The maximum Gasteiger partial charge on any atom is 0.244 e. The van der Waals surface area contributed by atoms with Gasteiger partial charge in [0.2, 0.25) is 10.0 Å². The minimum absolute atomic E-state index is 0.150. The molecule has 1 aromatic rings. The van der Waals surface area contributed by atoms with Gasteiger partial charge in [0.05, 0.1) is 12.1 Å². The zero-order valence-electron chi connectivity index (χ0n) is 10.8. The lowest BCUT2D eigenvalue weighted by Gasteiger charge is -2.35. The van der Waals surface area contributed by atoms with Gasteiger partial charge in [-0.1, -0.05) is 0 Å². The van der Waals surface area contributed by atoms with Gasteiger partial charge in [-0.3, -0.25) is 0 Å². The van der Waals surface area contributed by atoms with Crippen LogP contribution in [0.2, 0.25) is 0 Å². The summed E-state index contributed by atoms with van der Waals surface area (Å²) in [7, 11) is -4.10. The molecule has 0 bridgehead atoms. The minimum atomic E-state index is -4.10. The molecule has 0 saturated carbocycles. The van der Waals surface area contributed by atoms with Gasteiger partial charge in [-0.05, 0) is 31.0 Å². The van der Waals surface area contributed by atoms with Crippen LogP contribution in [0.1, 0.15) is 12.8 Å². The molecule has 0 unspecified atom stereocenters. The van der Waals surface area contributed by atoms with Crippen LogP contribution in [-0.4, -0.2) is 38.9 Å². The van der Waals surface area contributed by atoms with Crippen LogP contribution < -0.4 is 10.5 Å². The molecule has 8 heteroatoms. The Morgan fingerprint density at radius 2 is 2.05 bits per heavy atom. The fraction of sp³-hybridized carbons (Fsp3) is 0.500. The van der Waals surface area contributed by atoms with Gasteiger partial charge in [0.15, 0.2) is 0 Å². The molecule has 6 nitrogen and oxygen atoms in total. The molecule has 0 amide bonds. The van der Waals surface area contributed by atoms with E-state index in [4.69, 9.17) is 10.5 Å². The molecule has 0 aromatic heterocycles. The van der Waals surface area contributed by atoms with Crippen LogP contribution in [0.25, 0.3) is 0 Å². The SMILES string of the molecule is Nc1ccc(F)c(S(=O)(=O)NC2(CO)CCOCC2)c1. The second kappa shape index (κ2) is 5.65. The Hall–Kier alpha value is -1.22. The molecule has 112 valence electrons. The number of hydrogen-bond acceptors (Lipinski definition) is 5. The first-order valence-corrected chi connectivity index (χ1v) is 7.64. The van der Waals surface area contributed by atoms with E-state index in [1.807, 2.05) is 0 Å². The summed E-state index contributed by atoms with van der Waals surface area (Å²) in [4.78, 5) is -0.517. The highest BCUT2D eigenvalue weighted by Crippen LogP contribution is 2.25. The second-order valence-corrected chi connectivity index (χ2v) is 6.50. The maximum atomic E-state index is 13.7. The molecule has 1 aromatic carbocycles. The predicted molar refractivity (Wildman–Crippen MR) is 71.0 cm³/mol. The first kappa shape index (κ1) is 15.2. The smallest absolute Gasteiger partial charge is 0.244 e. The highest BCUT2D eigenvalue weighted by molar-refractivity contribution is 7.89. The molecule has 1 saturated heterocycles. The zero-order valence-corrected chi connectivity index (χ0v) is 11.6. The highest BCUT2D eigenvalue weighted by Gasteiger charge is 2.37. The highest BCUT2D eigenvalue weighted by atomic mass is 32.2. The van der Waals surface area contributed by atoms with Gasteiger partial charge in [-0.15, -0.1) is 0 Å². The molecule has 0 spiro atoms. The van der Waals surface area contributed by atoms with E-state index >= 15 is 0 Å². The average molecular weight is 304 g/mol. The first-order valence-electron chi connectivity index (χ1n) is 6.16. The number of anilines is 1. The second-order valence-electron chi connectivity index (χ2n) is 4.85. The third-order valence-corrected chi connectivity index (χ3v) is 4.94.